The minimum Gasteiger partial charge on any atom is -0.338 e. The monoisotopic (exact) mass is 412 g/mol. The molecule has 7 heteroatoms. The highest BCUT2D eigenvalue weighted by atomic mass is 19.1. The van der Waals surface area contributed by atoms with E-state index in [0.717, 1.165) is 31.6 Å². The molecule has 2 aromatic carbocycles. The van der Waals surface area contributed by atoms with E-state index in [2.05, 4.69) is 20.9 Å². The van der Waals surface area contributed by atoms with E-state index < -0.39 is 11.8 Å². The quantitative estimate of drug-likeness (QED) is 0.589. The topological polar surface area (TPSA) is 73.5 Å². The van der Waals surface area contributed by atoms with Gasteiger partial charge in [0.1, 0.15) is 5.82 Å². The molecule has 30 heavy (non-hydrogen) atoms. The number of carbonyl (C=O) groups excluding carboxylic acids is 2. The second-order valence-corrected chi connectivity index (χ2v) is 7.59. The number of likely N-dealkylation sites (tertiary alicyclic amines) is 1. The van der Waals surface area contributed by atoms with Crippen LogP contribution in [-0.2, 0) is 4.79 Å². The first-order chi connectivity index (χ1) is 14.5. The van der Waals surface area contributed by atoms with Gasteiger partial charge in [0.15, 0.2) is 0 Å². The molecule has 1 saturated heterocycles. The molecule has 1 aliphatic rings. The van der Waals surface area contributed by atoms with Gasteiger partial charge in [-0.05, 0) is 74.3 Å². The minimum atomic E-state index is -0.513. The van der Waals surface area contributed by atoms with E-state index in [1.807, 2.05) is 6.07 Å². The molecule has 3 N–H and O–H groups in total. The van der Waals surface area contributed by atoms with Crippen molar-refractivity contribution < 1.29 is 14.0 Å². The lowest BCUT2D eigenvalue weighted by Crippen LogP contribution is -2.34. The third kappa shape index (κ3) is 6.56. The van der Waals surface area contributed by atoms with E-state index in [0.29, 0.717) is 17.8 Å². The summed E-state index contributed by atoms with van der Waals surface area (Å²) in [7, 11) is 0. The number of amides is 3. The first-order valence-electron chi connectivity index (χ1n) is 10.5. The number of hydrogen-bond acceptors (Lipinski definition) is 3. The maximum absolute atomic E-state index is 14.5. The molecule has 0 bridgehead atoms. The Morgan fingerprint density at radius 1 is 1.00 bits per heavy atom. The summed E-state index contributed by atoms with van der Waals surface area (Å²) in [6, 6.07) is 11.4. The lowest BCUT2D eigenvalue weighted by atomic mass is 10.0. The van der Waals surface area contributed by atoms with E-state index >= 15 is 0 Å². The van der Waals surface area contributed by atoms with Gasteiger partial charge in [0.05, 0.1) is 5.69 Å². The average molecular weight is 413 g/mol. The van der Waals surface area contributed by atoms with E-state index in [4.69, 9.17) is 0 Å². The molecule has 0 saturated carbocycles. The van der Waals surface area contributed by atoms with Crippen LogP contribution in [0.2, 0.25) is 0 Å². The smallest absolute Gasteiger partial charge is 0.319 e. The van der Waals surface area contributed by atoms with Crippen molar-refractivity contribution in [3.05, 3.63) is 48.3 Å². The Bertz CT molecular complexity index is 881. The van der Waals surface area contributed by atoms with Gasteiger partial charge < -0.3 is 20.9 Å². The average Bonchev–Trinajstić information content (AvgIpc) is 2.73. The minimum absolute atomic E-state index is 0.130. The van der Waals surface area contributed by atoms with Gasteiger partial charge in [-0.15, -0.1) is 0 Å². The number of piperidine rings is 1. The van der Waals surface area contributed by atoms with Crippen LogP contribution in [0.25, 0.3) is 11.1 Å². The molecule has 0 spiro atoms. The maximum Gasteiger partial charge on any atom is 0.319 e. The maximum atomic E-state index is 14.5. The number of anilines is 2. The Kier molecular flexibility index (Phi) is 7.79. The first kappa shape index (κ1) is 21.8. The third-order valence-electron chi connectivity index (χ3n) is 5.12. The Hall–Kier alpha value is -2.93. The molecule has 3 amide bonds. The zero-order valence-corrected chi connectivity index (χ0v) is 17.3. The van der Waals surface area contributed by atoms with Crippen molar-refractivity contribution in [1.82, 2.24) is 10.2 Å². The van der Waals surface area contributed by atoms with Crippen molar-refractivity contribution in [2.24, 2.45) is 0 Å². The molecule has 0 atom stereocenters. The zero-order chi connectivity index (χ0) is 21.3. The van der Waals surface area contributed by atoms with Crippen molar-refractivity contribution in [1.29, 1.82) is 0 Å². The molecule has 0 unspecified atom stereocenters. The summed E-state index contributed by atoms with van der Waals surface area (Å²) in [5.41, 5.74) is 2.21. The Labute approximate surface area is 176 Å². The van der Waals surface area contributed by atoms with E-state index in [1.54, 1.807) is 30.3 Å². The SMILES string of the molecule is CC(=O)Nc1cccc(-c2ccc(NC(=O)NCCCN3CCCCC3)c(F)c2)c1. The number of carbonyl (C=O) groups is 2. The summed E-state index contributed by atoms with van der Waals surface area (Å²) in [6.07, 6.45) is 4.68. The second-order valence-electron chi connectivity index (χ2n) is 7.59. The highest BCUT2D eigenvalue weighted by molar-refractivity contribution is 5.90. The van der Waals surface area contributed by atoms with Crippen molar-refractivity contribution >= 4 is 23.3 Å². The van der Waals surface area contributed by atoms with Crippen molar-refractivity contribution in [2.45, 2.75) is 32.6 Å². The largest absolute Gasteiger partial charge is 0.338 e. The molecule has 1 aliphatic heterocycles. The molecular formula is C23H29FN4O2. The molecule has 160 valence electrons. The fraction of sp³-hybridized carbons (Fsp3) is 0.391. The molecule has 0 aromatic heterocycles. The van der Waals surface area contributed by atoms with E-state index in [9.17, 15) is 14.0 Å². The number of halogens is 1. The number of benzene rings is 2. The van der Waals surface area contributed by atoms with Crippen LogP contribution < -0.4 is 16.0 Å². The normalized spacial score (nSPS) is 14.2. The van der Waals surface area contributed by atoms with Gasteiger partial charge in [-0.25, -0.2) is 9.18 Å². The summed E-state index contributed by atoms with van der Waals surface area (Å²) in [5, 5.41) is 8.07. The number of urea groups is 1. The third-order valence-corrected chi connectivity index (χ3v) is 5.12. The lowest BCUT2D eigenvalue weighted by molar-refractivity contribution is -0.114. The lowest BCUT2D eigenvalue weighted by Gasteiger charge is -2.26. The number of rotatable bonds is 7. The van der Waals surface area contributed by atoms with Crippen LogP contribution in [0.5, 0.6) is 0 Å². The van der Waals surface area contributed by atoms with Crippen LogP contribution in [0.15, 0.2) is 42.5 Å². The molecule has 2 aromatic rings. The van der Waals surface area contributed by atoms with Crippen LogP contribution in [0.4, 0.5) is 20.6 Å². The van der Waals surface area contributed by atoms with Crippen molar-refractivity contribution in [3.63, 3.8) is 0 Å². The van der Waals surface area contributed by atoms with Gasteiger partial charge in [0.25, 0.3) is 0 Å². The molecule has 1 heterocycles. The number of nitrogens with zero attached hydrogens (tertiary/aromatic N) is 1. The number of hydrogen-bond donors (Lipinski definition) is 3. The molecule has 0 aliphatic carbocycles. The highest BCUT2D eigenvalue weighted by Gasteiger charge is 2.11. The summed E-state index contributed by atoms with van der Waals surface area (Å²) in [5.74, 6) is -0.680. The van der Waals surface area contributed by atoms with Gasteiger partial charge in [-0.3, -0.25) is 4.79 Å². The summed E-state index contributed by atoms with van der Waals surface area (Å²) in [6.45, 7) is 5.24. The van der Waals surface area contributed by atoms with Gasteiger partial charge in [0.2, 0.25) is 5.91 Å². The van der Waals surface area contributed by atoms with Crippen LogP contribution in [-0.4, -0.2) is 43.0 Å². The highest BCUT2D eigenvalue weighted by Crippen LogP contribution is 2.26. The molecular weight excluding hydrogens is 383 g/mol. The number of nitrogens with one attached hydrogen (secondary N) is 3. The first-order valence-corrected chi connectivity index (χ1v) is 10.5. The Morgan fingerprint density at radius 3 is 2.50 bits per heavy atom. The summed E-state index contributed by atoms with van der Waals surface area (Å²) >= 11 is 0. The van der Waals surface area contributed by atoms with Crippen LogP contribution in [0.3, 0.4) is 0 Å². The summed E-state index contributed by atoms with van der Waals surface area (Å²) in [4.78, 5) is 25.7. The molecule has 3 rings (SSSR count). The van der Waals surface area contributed by atoms with E-state index in [1.165, 1.54) is 32.3 Å². The van der Waals surface area contributed by atoms with Gasteiger partial charge in [0, 0.05) is 19.2 Å². The molecule has 6 nitrogen and oxygen atoms in total. The van der Waals surface area contributed by atoms with Crippen LogP contribution in [0.1, 0.15) is 32.6 Å². The van der Waals surface area contributed by atoms with Gasteiger partial charge in [-0.2, -0.15) is 0 Å². The van der Waals surface area contributed by atoms with Gasteiger partial charge >= 0.3 is 6.03 Å². The van der Waals surface area contributed by atoms with E-state index in [-0.39, 0.29) is 11.6 Å². The predicted octanol–water partition coefficient (Wildman–Crippen LogP) is 4.45. The fourth-order valence-electron chi connectivity index (χ4n) is 3.63. The van der Waals surface area contributed by atoms with Crippen molar-refractivity contribution in [3.8, 4) is 11.1 Å². The summed E-state index contributed by atoms with van der Waals surface area (Å²) < 4.78 is 14.5. The standard InChI is InChI=1S/C23H29FN4O2/c1-17(29)26-20-8-5-7-18(15-20)19-9-10-22(21(24)16-19)27-23(30)25-11-6-14-28-12-3-2-4-13-28/h5,7-10,15-16H,2-4,6,11-14H2,1H3,(H,26,29)(H2,25,27,30). The van der Waals surface area contributed by atoms with Crippen molar-refractivity contribution in [2.75, 3.05) is 36.8 Å². The van der Waals surface area contributed by atoms with Crippen LogP contribution in [0, 0.1) is 5.82 Å². The zero-order valence-electron chi connectivity index (χ0n) is 17.3. The van der Waals surface area contributed by atoms with Crippen LogP contribution >= 0.6 is 0 Å². The molecule has 0 radical (unpaired) electrons. The Balaban J connectivity index is 1.51. The second kappa shape index (κ2) is 10.7. The Morgan fingerprint density at radius 2 is 1.77 bits per heavy atom. The fourth-order valence-corrected chi connectivity index (χ4v) is 3.63. The molecule has 1 fully saturated rings. The predicted molar refractivity (Wildman–Crippen MR) is 118 cm³/mol. The van der Waals surface area contributed by atoms with Gasteiger partial charge in [-0.1, -0.05) is 24.6 Å².